The molecule has 0 N–H and O–H groups in total. The van der Waals surface area contributed by atoms with E-state index in [1.54, 1.807) is 37.2 Å². The van der Waals surface area contributed by atoms with E-state index in [2.05, 4.69) is 40.3 Å². The summed E-state index contributed by atoms with van der Waals surface area (Å²) < 4.78 is 0. The largest absolute Gasteiger partial charge is 0.261 e. The Morgan fingerprint density at radius 3 is 1.29 bits per heavy atom. The van der Waals surface area contributed by atoms with Gasteiger partial charge in [0.05, 0.1) is 23.8 Å². The third kappa shape index (κ3) is 5.74. The summed E-state index contributed by atoms with van der Waals surface area (Å²) in [6.07, 6.45) is 9.78. The zero-order valence-corrected chi connectivity index (χ0v) is 18.8. The van der Waals surface area contributed by atoms with Crippen molar-refractivity contribution in [1.29, 1.82) is 0 Å². The summed E-state index contributed by atoms with van der Waals surface area (Å²) in [4.78, 5) is 16.8. The molecule has 0 spiro atoms. The zero-order chi connectivity index (χ0) is 23.6. The molecule has 4 aromatic rings. The molecule has 0 aliphatic carbocycles. The molecule has 8 nitrogen and oxygen atoms in total. The van der Waals surface area contributed by atoms with Crippen LogP contribution in [0, 0.1) is 0 Å². The van der Waals surface area contributed by atoms with Gasteiger partial charge in [-0.2, -0.15) is 10.2 Å². The molecule has 8 heteroatoms. The van der Waals surface area contributed by atoms with Gasteiger partial charge in [0, 0.05) is 35.9 Å². The summed E-state index contributed by atoms with van der Waals surface area (Å²) in [5, 5.41) is 18.1. The van der Waals surface area contributed by atoms with Crippen LogP contribution in [0.15, 0.2) is 118 Å². The molecule has 0 bridgehead atoms. The monoisotopic (exact) mass is 446 g/mol. The molecule has 0 saturated carbocycles. The quantitative estimate of drug-likeness (QED) is 0.310. The highest BCUT2D eigenvalue weighted by Crippen LogP contribution is 2.12. The molecule has 2 aromatic carbocycles. The van der Waals surface area contributed by atoms with Gasteiger partial charge in [0.25, 0.3) is 0 Å². The van der Waals surface area contributed by atoms with Crippen molar-refractivity contribution in [2.24, 2.45) is 20.4 Å². The molecule has 0 radical (unpaired) electrons. The Morgan fingerprint density at radius 2 is 0.941 bits per heavy atom. The van der Waals surface area contributed by atoms with Crippen molar-refractivity contribution in [2.75, 3.05) is 0 Å². The average Bonchev–Trinajstić information content (AvgIpc) is 2.92. The number of rotatable bonds is 7. The van der Waals surface area contributed by atoms with Crippen LogP contribution in [0.4, 0.5) is 0 Å². The van der Waals surface area contributed by atoms with E-state index in [-0.39, 0.29) is 0 Å². The summed E-state index contributed by atoms with van der Waals surface area (Å²) in [5.41, 5.74) is 5.42. The lowest BCUT2D eigenvalue weighted by atomic mass is 10.00. The number of hydrogen-bond donors (Lipinski definition) is 0. The Kier molecular flexibility index (Phi) is 7.43. The Hall–Kier alpha value is -4.72. The summed E-state index contributed by atoms with van der Waals surface area (Å²) >= 11 is 0. The van der Waals surface area contributed by atoms with Gasteiger partial charge >= 0.3 is 0 Å². The van der Waals surface area contributed by atoms with Gasteiger partial charge in [-0.25, -0.2) is 0 Å². The maximum Gasteiger partial charge on any atom is 0.121 e. The van der Waals surface area contributed by atoms with Gasteiger partial charge in [0.1, 0.15) is 22.8 Å². The van der Waals surface area contributed by atoms with Crippen LogP contribution < -0.4 is 0 Å². The van der Waals surface area contributed by atoms with Gasteiger partial charge in [0.2, 0.25) is 0 Å². The lowest BCUT2D eigenvalue weighted by Gasteiger charge is -2.09. The van der Waals surface area contributed by atoms with Gasteiger partial charge in [-0.3, -0.25) is 19.9 Å². The number of benzene rings is 2. The van der Waals surface area contributed by atoms with Crippen molar-refractivity contribution >= 4 is 22.8 Å². The molecule has 166 valence electrons. The van der Waals surface area contributed by atoms with Crippen molar-refractivity contribution < 1.29 is 0 Å². The minimum absolute atomic E-state index is 0.575. The second-order valence-corrected chi connectivity index (χ2v) is 7.18. The Balaban J connectivity index is 1.85. The molecule has 0 fully saturated rings. The maximum absolute atomic E-state index is 4.61. The molecular formula is C26H22N8. The molecule has 0 aliphatic rings. The van der Waals surface area contributed by atoms with Crippen molar-refractivity contribution in [3.05, 3.63) is 120 Å². The molecule has 0 aliphatic heterocycles. The number of aromatic nitrogens is 4. The predicted molar refractivity (Wildman–Crippen MR) is 134 cm³/mol. The van der Waals surface area contributed by atoms with Crippen LogP contribution in [0.1, 0.15) is 36.4 Å². The van der Waals surface area contributed by atoms with Crippen LogP contribution in [0.3, 0.4) is 0 Å². The standard InChI is InChI=1S/C26H22N8/c1-19(23-17-27-13-15-29-23)31-33-25(21-9-5-3-6-10-21)26(22-11-7-4-8-12-22)34-32-20(2)24-18-28-14-16-30-24/h3-18H,1-2H3. The molecule has 2 heterocycles. The van der Waals surface area contributed by atoms with Crippen LogP contribution in [0.5, 0.6) is 0 Å². The Bertz CT molecular complexity index is 1220. The number of hydrogen-bond acceptors (Lipinski definition) is 8. The molecule has 2 aromatic heterocycles. The fourth-order valence-corrected chi connectivity index (χ4v) is 3.00. The van der Waals surface area contributed by atoms with Gasteiger partial charge in [-0.1, -0.05) is 60.7 Å². The molecule has 0 unspecified atom stereocenters. The first-order valence-corrected chi connectivity index (χ1v) is 10.6. The maximum atomic E-state index is 4.61. The van der Waals surface area contributed by atoms with E-state index in [1.165, 1.54) is 0 Å². The highest BCUT2D eigenvalue weighted by atomic mass is 15.2. The van der Waals surface area contributed by atoms with Crippen molar-refractivity contribution in [1.82, 2.24) is 19.9 Å². The van der Waals surface area contributed by atoms with Gasteiger partial charge in [-0.15, -0.1) is 10.2 Å². The van der Waals surface area contributed by atoms with E-state index in [4.69, 9.17) is 0 Å². The molecule has 4 rings (SSSR count). The summed E-state index contributed by atoms with van der Waals surface area (Å²) in [6.45, 7) is 3.68. The topological polar surface area (TPSA) is 101 Å². The van der Waals surface area contributed by atoms with Gasteiger partial charge in [-0.05, 0) is 13.8 Å². The van der Waals surface area contributed by atoms with Crippen LogP contribution >= 0.6 is 0 Å². The van der Waals surface area contributed by atoms with E-state index in [0.29, 0.717) is 34.2 Å². The average molecular weight is 447 g/mol. The molecule has 0 saturated heterocycles. The highest BCUT2D eigenvalue weighted by molar-refractivity contribution is 6.53. The summed E-state index contributed by atoms with van der Waals surface area (Å²) in [7, 11) is 0. The van der Waals surface area contributed by atoms with E-state index in [0.717, 1.165) is 11.1 Å². The third-order valence-electron chi connectivity index (χ3n) is 4.79. The smallest absolute Gasteiger partial charge is 0.121 e. The molecule has 0 atom stereocenters. The van der Waals surface area contributed by atoms with E-state index >= 15 is 0 Å². The fourth-order valence-electron chi connectivity index (χ4n) is 3.00. The fraction of sp³-hybridized carbons (Fsp3) is 0.0769. The second kappa shape index (κ2) is 11.2. The second-order valence-electron chi connectivity index (χ2n) is 7.18. The minimum atomic E-state index is 0.575. The van der Waals surface area contributed by atoms with E-state index in [1.807, 2.05) is 74.5 Å². The van der Waals surface area contributed by atoms with Crippen molar-refractivity contribution in [2.45, 2.75) is 13.8 Å². The first-order valence-electron chi connectivity index (χ1n) is 10.6. The lowest BCUT2D eigenvalue weighted by Crippen LogP contribution is -2.17. The predicted octanol–water partition coefficient (Wildman–Crippen LogP) is 4.39. The third-order valence-corrected chi connectivity index (χ3v) is 4.79. The highest BCUT2D eigenvalue weighted by Gasteiger charge is 2.15. The van der Waals surface area contributed by atoms with Gasteiger partial charge in [0.15, 0.2) is 0 Å². The number of nitrogens with zero attached hydrogens (tertiary/aromatic N) is 8. The summed E-state index contributed by atoms with van der Waals surface area (Å²) in [6, 6.07) is 19.5. The summed E-state index contributed by atoms with van der Waals surface area (Å²) in [5.74, 6) is 0. The van der Waals surface area contributed by atoms with Crippen LogP contribution in [-0.4, -0.2) is 42.8 Å². The van der Waals surface area contributed by atoms with Crippen LogP contribution in [-0.2, 0) is 0 Å². The first kappa shape index (κ1) is 22.5. The Labute approximate surface area is 197 Å². The minimum Gasteiger partial charge on any atom is -0.261 e. The first-order chi connectivity index (χ1) is 16.7. The van der Waals surface area contributed by atoms with Crippen molar-refractivity contribution in [3.63, 3.8) is 0 Å². The van der Waals surface area contributed by atoms with Gasteiger partial charge < -0.3 is 0 Å². The van der Waals surface area contributed by atoms with Crippen molar-refractivity contribution in [3.8, 4) is 0 Å². The Morgan fingerprint density at radius 1 is 0.529 bits per heavy atom. The molecular weight excluding hydrogens is 424 g/mol. The van der Waals surface area contributed by atoms with E-state index in [9.17, 15) is 0 Å². The van der Waals surface area contributed by atoms with Crippen LogP contribution in [0.25, 0.3) is 0 Å². The SMILES string of the molecule is CC(=NN=C(C(=NN=C(C)c1cnccn1)c1ccccc1)c1ccccc1)c1cnccn1. The molecule has 34 heavy (non-hydrogen) atoms. The molecule has 0 amide bonds. The lowest BCUT2D eigenvalue weighted by molar-refractivity contribution is 1.14. The van der Waals surface area contributed by atoms with Crippen LogP contribution in [0.2, 0.25) is 0 Å². The zero-order valence-electron chi connectivity index (χ0n) is 18.8. The normalized spacial score (nSPS) is 13.1. The van der Waals surface area contributed by atoms with E-state index < -0.39 is 0 Å².